The van der Waals surface area contributed by atoms with Crippen LogP contribution in [0.25, 0.3) is 0 Å². The van der Waals surface area contributed by atoms with Crippen molar-refractivity contribution in [1.82, 2.24) is 0 Å². The highest BCUT2D eigenvalue weighted by atomic mass is 19.3. The molecule has 0 saturated heterocycles. The van der Waals surface area contributed by atoms with Crippen molar-refractivity contribution >= 4 is 11.9 Å². The van der Waals surface area contributed by atoms with Crippen LogP contribution in [0.1, 0.15) is 13.3 Å². The van der Waals surface area contributed by atoms with E-state index in [1.54, 1.807) is 0 Å². The number of aliphatic carboxylic acids is 1. The number of carboxylic acid groups (broad SMARTS) is 1. The van der Waals surface area contributed by atoms with Gasteiger partial charge in [-0.05, 0) is 13.3 Å². The molecule has 1 saturated carbocycles. The number of carbonyl (C=O) groups is 2. The van der Waals surface area contributed by atoms with Crippen LogP contribution in [0.2, 0.25) is 0 Å². The van der Waals surface area contributed by atoms with E-state index in [2.05, 4.69) is 4.74 Å². The van der Waals surface area contributed by atoms with Crippen LogP contribution in [0.3, 0.4) is 0 Å². The summed E-state index contributed by atoms with van der Waals surface area (Å²) < 4.78 is 28.9. The molecule has 4 nitrogen and oxygen atoms in total. The molecule has 80 valence electrons. The van der Waals surface area contributed by atoms with Crippen LogP contribution >= 0.6 is 0 Å². The van der Waals surface area contributed by atoms with Gasteiger partial charge < -0.3 is 9.84 Å². The van der Waals surface area contributed by atoms with Gasteiger partial charge in [0.15, 0.2) is 5.41 Å². The Kier molecular flexibility index (Phi) is 2.73. The van der Waals surface area contributed by atoms with E-state index in [-0.39, 0.29) is 13.0 Å². The van der Waals surface area contributed by atoms with E-state index in [1.807, 2.05) is 0 Å². The summed E-state index contributed by atoms with van der Waals surface area (Å²) in [5.41, 5.74) is -2.00. The molecule has 14 heavy (non-hydrogen) atoms. The lowest BCUT2D eigenvalue weighted by molar-refractivity contribution is -0.162. The smallest absolute Gasteiger partial charge is 0.323 e. The first-order valence-corrected chi connectivity index (χ1v) is 4.15. The number of halogens is 2. The van der Waals surface area contributed by atoms with E-state index in [0.717, 1.165) is 0 Å². The van der Waals surface area contributed by atoms with Crippen LogP contribution in [-0.2, 0) is 14.3 Å². The zero-order chi connectivity index (χ0) is 10.9. The number of hydrogen-bond donors (Lipinski definition) is 1. The van der Waals surface area contributed by atoms with E-state index in [1.165, 1.54) is 6.92 Å². The minimum atomic E-state index is -2.80. The Balaban J connectivity index is 2.78. The monoisotopic (exact) mass is 208 g/mol. The molecule has 0 aromatic rings. The van der Waals surface area contributed by atoms with Gasteiger partial charge in [-0.3, -0.25) is 9.59 Å². The minimum absolute atomic E-state index is 0.0101. The molecule has 0 amide bonds. The summed E-state index contributed by atoms with van der Waals surface area (Å²) in [5, 5.41) is 8.69. The van der Waals surface area contributed by atoms with Gasteiger partial charge in [0, 0.05) is 5.92 Å². The van der Waals surface area contributed by atoms with Gasteiger partial charge in [0.05, 0.1) is 6.61 Å². The maximum atomic E-state index is 12.2. The van der Waals surface area contributed by atoms with Gasteiger partial charge in [0.25, 0.3) is 0 Å². The molecule has 0 radical (unpaired) electrons. The summed E-state index contributed by atoms with van der Waals surface area (Å²) in [5.74, 6) is -3.99. The standard InChI is InChI=1S/C8H10F2O4/c1-2-14-7(13)8(6(11)12)3-4(8)5(9)10/h4-5H,2-3H2,1H3,(H,11,12). The third-order valence-electron chi connectivity index (χ3n) is 2.34. The van der Waals surface area contributed by atoms with Crippen molar-refractivity contribution in [2.75, 3.05) is 6.61 Å². The fourth-order valence-corrected chi connectivity index (χ4v) is 1.42. The number of ether oxygens (including phenoxy) is 1. The quantitative estimate of drug-likeness (QED) is 0.550. The highest BCUT2D eigenvalue weighted by Gasteiger charge is 2.71. The minimum Gasteiger partial charge on any atom is -0.480 e. The second-order valence-corrected chi connectivity index (χ2v) is 3.14. The molecule has 1 fully saturated rings. The zero-order valence-corrected chi connectivity index (χ0v) is 7.50. The highest BCUT2D eigenvalue weighted by Crippen LogP contribution is 2.56. The molecule has 1 aliphatic carbocycles. The summed E-state index contributed by atoms with van der Waals surface area (Å²) in [7, 11) is 0. The molecule has 1 N–H and O–H groups in total. The Morgan fingerprint density at radius 1 is 1.64 bits per heavy atom. The van der Waals surface area contributed by atoms with E-state index in [4.69, 9.17) is 5.11 Å². The summed E-state index contributed by atoms with van der Waals surface area (Å²) in [6, 6.07) is 0. The lowest BCUT2D eigenvalue weighted by Gasteiger charge is -2.10. The van der Waals surface area contributed by atoms with Crippen molar-refractivity contribution in [1.29, 1.82) is 0 Å². The summed E-state index contributed by atoms with van der Waals surface area (Å²) in [6.07, 6.45) is -3.13. The van der Waals surface area contributed by atoms with Crippen LogP contribution in [0.15, 0.2) is 0 Å². The number of carbonyl (C=O) groups excluding carboxylic acids is 1. The summed E-state index contributed by atoms with van der Waals surface area (Å²) >= 11 is 0. The third-order valence-corrected chi connectivity index (χ3v) is 2.34. The van der Waals surface area contributed by atoms with Crippen molar-refractivity contribution in [3.05, 3.63) is 0 Å². The van der Waals surface area contributed by atoms with Gasteiger partial charge in [-0.15, -0.1) is 0 Å². The molecular formula is C8H10F2O4. The third kappa shape index (κ3) is 1.44. The first kappa shape index (κ1) is 10.9. The largest absolute Gasteiger partial charge is 0.480 e. The fraction of sp³-hybridized carbons (Fsp3) is 0.750. The Morgan fingerprint density at radius 2 is 2.21 bits per heavy atom. The molecule has 2 unspecified atom stereocenters. The highest BCUT2D eigenvalue weighted by molar-refractivity contribution is 6.03. The molecule has 0 spiro atoms. The first-order valence-electron chi connectivity index (χ1n) is 4.15. The lowest BCUT2D eigenvalue weighted by Crippen LogP contribution is -2.31. The van der Waals surface area contributed by atoms with Crippen LogP contribution in [-0.4, -0.2) is 30.1 Å². The second kappa shape index (κ2) is 3.51. The molecule has 0 aromatic carbocycles. The van der Waals surface area contributed by atoms with E-state index >= 15 is 0 Å². The number of alkyl halides is 2. The normalized spacial score (nSPS) is 30.1. The molecule has 0 heterocycles. The van der Waals surface area contributed by atoms with E-state index < -0.39 is 29.7 Å². The predicted molar refractivity (Wildman–Crippen MR) is 40.8 cm³/mol. The predicted octanol–water partition coefficient (Wildman–Crippen LogP) is 0.905. The van der Waals surface area contributed by atoms with Crippen LogP contribution in [0.4, 0.5) is 8.78 Å². The lowest BCUT2D eigenvalue weighted by atomic mass is 10.1. The van der Waals surface area contributed by atoms with Gasteiger partial charge in [0.1, 0.15) is 0 Å². The van der Waals surface area contributed by atoms with Crippen molar-refractivity contribution in [3.8, 4) is 0 Å². The summed E-state index contributed by atoms with van der Waals surface area (Å²) in [4.78, 5) is 21.8. The fourth-order valence-electron chi connectivity index (χ4n) is 1.42. The Labute approximate surface area is 78.8 Å². The first-order chi connectivity index (χ1) is 6.46. The van der Waals surface area contributed by atoms with Gasteiger partial charge >= 0.3 is 11.9 Å². The molecule has 0 bridgehead atoms. The van der Waals surface area contributed by atoms with Crippen molar-refractivity contribution < 1.29 is 28.2 Å². The Hall–Kier alpha value is -1.20. The average molecular weight is 208 g/mol. The topological polar surface area (TPSA) is 63.6 Å². The second-order valence-electron chi connectivity index (χ2n) is 3.14. The van der Waals surface area contributed by atoms with Gasteiger partial charge in [-0.25, -0.2) is 8.78 Å². The molecule has 1 aliphatic rings. The number of esters is 1. The maximum absolute atomic E-state index is 12.2. The number of carboxylic acids is 1. The molecule has 1 rings (SSSR count). The molecule has 6 heteroatoms. The van der Waals surface area contributed by atoms with Crippen molar-refractivity contribution in [3.63, 3.8) is 0 Å². The Morgan fingerprint density at radius 3 is 2.50 bits per heavy atom. The maximum Gasteiger partial charge on any atom is 0.323 e. The molecule has 2 atom stereocenters. The van der Waals surface area contributed by atoms with Gasteiger partial charge in [-0.1, -0.05) is 0 Å². The molecule has 0 aliphatic heterocycles. The summed E-state index contributed by atoms with van der Waals surface area (Å²) in [6.45, 7) is 1.48. The SMILES string of the molecule is CCOC(=O)C1(C(=O)O)CC1C(F)F. The van der Waals surface area contributed by atoms with Crippen LogP contribution < -0.4 is 0 Å². The zero-order valence-electron chi connectivity index (χ0n) is 7.50. The van der Waals surface area contributed by atoms with Gasteiger partial charge in [0.2, 0.25) is 6.43 Å². The molecular weight excluding hydrogens is 198 g/mol. The van der Waals surface area contributed by atoms with Crippen LogP contribution in [0.5, 0.6) is 0 Å². The average Bonchev–Trinajstić information content (AvgIpc) is 2.79. The van der Waals surface area contributed by atoms with E-state index in [9.17, 15) is 18.4 Å². The number of rotatable bonds is 4. The van der Waals surface area contributed by atoms with Crippen LogP contribution in [0, 0.1) is 11.3 Å². The van der Waals surface area contributed by atoms with Crippen molar-refractivity contribution in [2.24, 2.45) is 11.3 Å². The van der Waals surface area contributed by atoms with Crippen molar-refractivity contribution in [2.45, 2.75) is 19.8 Å². The van der Waals surface area contributed by atoms with E-state index in [0.29, 0.717) is 0 Å². The molecule has 0 aromatic heterocycles. The van der Waals surface area contributed by atoms with Gasteiger partial charge in [-0.2, -0.15) is 0 Å². The Bertz CT molecular complexity index is 266. The number of hydrogen-bond acceptors (Lipinski definition) is 3.